The number of hydrogen-bond acceptors (Lipinski definition) is 0. The minimum atomic E-state index is 0. The second-order valence-corrected chi connectivity index (χ2v) is 0. The molecule has 0 atom stereocenters. The van der Waals surface area contributed by atoms with Crippen LogP contribution in [-0.2, 0) is 19.8 Å². The molecule has 0 spiro atoms. The van der Waals surface area contributed by atoms with Crippen LogP contribution in [-0.4, -0.2) is 0 Å². The van der Waals surface area contributed by atoms with Crippen LogP contribution in [0.2, 0.25) is 0 Å². The molecular weight excluding hydrogens is 274 g/mol. The Bertz CT molecular complexity index is 4.14. The standard InChI is InChI=1S/6H2N.Os/h6*1H2;/q6*-1;. The van der Waals surface area contributed by atoms with Crippen molar-refractivity contribution in [3.63, 3.8) is 0 Å². The van der Waals surface area contributed by atoms with Crippen molar-refractivity contribution < 1.29 is 19.8 Å². The Morgan fingerprint density at radius 1 is 0.286 bits per heavy atom. The predicted molar refractivity (Wildman–Crippen MR) is 31.7 cm³/mol. The van der Waals surface area contributed by atoms with Gasteiger partial charge in [0.2, 0.25) is 0 Å². The summed E-state index contributed by atoms with van der Waals surface area (Å²) in [4.78, 5) is 0. The van der Waals surface area contributed by atoms with Gasteiger partial charge in [0.25, 0.3) is 0 Å². The summed E-state index contributed by atoms with van der Waals surface area (Å²) in [7, 11) is 0. The zero-order valence-electron chi connectivity index (χ0n) is 3.82. The van der Waals surface area contributed by atoms with Gasteiger partial charge < -0.3 is 36.9 Å². The maximum atomic E-state index is 0. The molecule has 7 heavy (non-hydrogen) atoms. The van der Waals surface area contributed by atoms with E-state index in [1.165, 1.54) is 0 Å². The van der Waals surface area contributed by atoms with E-state index in [4.69, 9.17) is 0 Å². The van der Waals surface area contributed by atoms with Crippen LogP contribution in [0, 0.1) is 0 Å². The molecule has 0 aromatic carbocycles. The Morgan fingerprint density at radius 2 is 0.286 bits per heavy atom. The fourth-order valence-electron chi connectivity index (χ4n) is 0. The van der Waals surface area contributed by atoms with Crippen LogP contribution < -0.4 is 0 Å². The normalized spacial score (nSPS) is 0. The molecule has 0 aliphatic heterocycles. The summed E-state index contributed by atoms with van der Waals surface area (Å²) in [6.45, 7) is 0. The fourth-order valence-corrected chi connectivity index (χ4v) is 0. The molecule has 7 heteroatoms. The molecule has 0 aromatic rings. The molecule has 0 amide bonds. The van der Waals surface area contributed by atoms with Gasteiger partial charge in [-0.15, -0.1) is 0 Å². The molecule has 6 nitrogen and oxygen atoms in total. The van der Waals surface area contributed by atoms with Crippen molar-refractivity contribution in [3.8, 4) is 0 Å². The summed E-state index contributed by atoms with van der Waals surface area (Å²) in [6, 6.07) is 0. The molecule has 0 radical (unpaired) electrons. The van der Waals surface area contributed by atoms with Gasteiger partial charge in [0.05, 0.1) is 0 Å². The first kappa shape index (κ1) is 1930. The first-order chi connectivity index (χ1) is 0. The molecule has 0 aliphatic carbocycles. The van der Waals surface area contributed by atoms with Crippen LogP contribution in [0.4, 0.5) is 0 Å². The van der Waals surface area contributed by atoms with Crippen molar-refractivity contribution in [2.24, 2.45) is 0 Å². The van der Waals surface area contributed by atoms with E-state index in [-0.39, 0.29) is 56.7 Å². The minimum absolute atomic E-state index is 0. The van der Waals surface area contributed by atoms with Gasteiger partial charge >= 0.3 is 0 Å². The number of rotatable bonds is 0. The van der Waals surface area contributed by atoms with Crippen molar-refractivity contribution in [1.29, 1.82) is 0 Å². The Kier molecular flexibility index (Phi) is 326000. The molecule has 56 valence electrons. The molecule has 0 unspecified atom stereocenters. The molecule has 0 bridgehead atoms. The number of hydrogen-bond donors (Lipinski definition) is 0. The topological polar surface area (TPSA) is 201 Å². The summed E-state index contributed by atoms with van der Waals surface area (Å²) in [5.74, 6) is 0. The van der Waals surface area contributed by atoms with Crippen molar-refractivity contribution in [2.45, 2.75) is 0 Å². The van der Waals surface area contributed by atoms with E-state index in [9.17, 15) is 0 Å². The number of nitrogens with two attached hydrogens (primary N) is 6. The van der Waals surface area contributed by atoms with Crippen LogP contribution in [0.15, 0.2) is 0 Å². The predicted octanol–water partition coefficient (Wildman–Crippen LogP) is 4.30. The van der Waals surface area contributed by atoms with Crippen molar-refractivity contribution in [1.82, 2.24) is 0 Å². The monoisotopic (exact) mass is 288 g/mol. The average molecular weight is 286 g/mol. The molecule has 0 fully saturated rings. The van der Waals surface area contributed by atoms with E-state index in [2.05, 4.69) is 0 Å². The quantitative estimate of drug-likeness (QED) is 0.610. The summed E-state index contributed by atoms with van der Waals surface area (Å²) in [5.41, 5.74) is 0. The first-order valence-electron chi connectivity index (χ1n) is 0. The van der Waals surface area contributed by atoms with Crippen molar-refractivity contribution in [3.05, 3.63) is 36.9 Å². The maximum Gasteiger partial charge on any atom is 0 e. The summed E-state index contributed by atoms with van der Waals surface area (Å²) < 4.78 is 0. The minimum Gasteiger partial charge on any atom is -0.693 e. The molecule has 0 saturated carbocycles. The Hall–Kier alpha value is 0.396. The second kappa shape index (κ2) is 1190. The van der Waals surface area contributed by atoms with Gasteiger partial charge in [-0.2, -0.15) is 0 Å². The van der Waals surface area contributed by atoms with Crippen LogP contribution >= 0.6 is 0 Å². The van der Waals surface area contributed by atoms with Gasteiger partial charge in [-0.25, -0.2) is 0 Å². The van der Waals surface area contributed by atoms with E-state index in [0.717, 1.165) is 0 Å². The van der Waals surface area contributed by atoms with Gasteiger partial charge in [-0.05, 0) is 0 Å². The van der Waals surface area contributed by atoms with Crippen LogP contribution in [0.3, 0.4) is 0 Å². The van der Waals surface area contributed by atoms with E-state index >= 15 is 0 Å². The first-order valence-corrected chi connectivity index (χ1v) is 0. The van der Waals surface area contributed by atoms with Gasteiger partial charge in [0.15, 0.2) is 0 Å². The molecule has 0 aromatic heterocycles. The van der Waals surface area contributed by atoms with Crippen LogP contribution in [0.5, 0.6) is 0 Å². The van der Waals surface area contributed by atoms with Gasteiger partial charge in [-0.1, -0.05) is 0 Å². The average Bonchev–Trinajstić information content (AvgIpc) is 0. The van der Waals surface area contributed by atoms with E-state index in [0.29, 0.717) is 0 Å². The van der Waals surface area contributed by atoms with Gasteiger partial charge in [-0.3, -0.25) is 0 Å². The molecule has 0 saturated heterocycles. The van der Waals surface area contributed by atoms with Crippen LogP contribution in [0.1, 0.15) is 0 Å². The van der Waals surface area contributed by atoms with Gasteiger partial charge in [0, 0.05) is 19.8 Å². The van der Waals surface area contributed by atoms with Crippen LogP contribution in [0.25, 0.3) is 36.9 Å². The molecular formula is H12N6Os-6. The SMILES string of the molecule is [NH2-].[NH2-].[NH2-].[NH2-].[NH2-].[NH2-].[Os]. The largest absolute Gasteiger partial charge is 0.693 e. The Labute approximate surface area is 57.4 Å². The molecule has 0 heterocycles. The van der Waals surface area contributed by atoms with Crippen molar-refractivity contribution in [2.75, 3.05) is 0 Å². The Balaban J connectivity index is 0. The third-order valence-electron chi connectivity index (χ3n) is 0. The smallest absolute Gasteiger partial charge is 0 e. The zero-order valence-corrected chi connectivity index (χ0v) is 6.36. The fraction of sp³-hybridized carbons (Fsp3) is 0. The summed E-state index contributed by atoms with van der Waals surface area (Å²) >= 11 is 0. The maximum absolute atomic E-state index is 0. The van der Waals surface area contributed by atoms with Crippen molar-refractivity contribution >= 4 is 0 Å². The summed E-state index contributed by atoms with van der Waals surface area (Å²) in [5, 5.41) is 0. The third-order valence-corrected chi connectivity index (χ3v) is 0. The molecule has 12 N–H and O–H groups in total. The van der Waals surface area contributed by atoms with Gasteiger partial charge in [0.1, 0.15) is 0 Å². The zero-order chi connectivity index (χ0) is 0. The Morgan fingerprint density at radius 3 is 0.286 bits per heavy atom. The molecule has 0 rings (SSSR count). The van der Waals surface area contributed by atoms with E-state index in [1.54, 1.807) is 0 Å². The van der Waals surface area contributed by atoms with E-state index < -0.39 is 0 Å². The third kappa shape index (κ3) is 787. The van der Waals surface area contributed by atoms with E-state index in [1.807, 2.05) is 0 Å². The molecule has 0 aliphatic rings. The second-order valence-electron chi connectivity index (χ2n) is 0. The summed E-state index contributed by atoms with van der Waals surface area (Å²) in [6.07, 6.45) is 0.